The van der Waals surface area contributed by atoms with Gasteiger partial charge in [-0.15, -0.1) is 0 Å². The van der Waals surface area contributed by atoms with E-state index in [1.54, 1.807) is 0 Å². The van der Waals surface area contributed by atoms with Crippen LogP contribution in [-0.2, 0) is 22.0 Å². The van der Waals surface area contributed by atoms with Gasteiger partial charge in [-0.05, 0) is 46.8 Å². The maximum Gasteiger partial charge on any atom is 0.138 e. The Labute approximate surface area is 127 Å². The lowest BCUT2D eigenvalue weighted by atomic mass is 9.62. The van der Waals surface area contributed by atoms with Gasteiger partial charge >= 0.3 is 0 Å². The fraction of sp³-hybridized carbons (Fsp3) is 0.550. The van der Waals surface area contributed by atoms with Gasteiger partial charge in [0.25, 0.3) is 0 Å². The van der Waals surface area contributed by atoms with Gasteiger partial charge in [-0.25, -0.2) is 0 Å². The molecule has 3 aliphatic rings. The van der Waals surface area contributed by atoms with E-state index in [1.165, 1.54) is 29.5 Å². The molecule has 0 aromatic heterocycles. The van der Waals surface area contributed by atoms with Crippen LogP contribution in [0.4, 0.5) is 0 Å². The first kappa shape index (κ1) is 13.3. The molecule has 1 saturated carbocycles. The Kier molecular flexibility index (Phi) is 2.59. The molecule has 0 radical (unpaired) electrons. The molecule has 1 fully saturated rings. The van der Waals surface area contributed by atoms with Gasteiger partial charge in [-0.3, -0.25) is 4.79 Å². The Bertz CT molecular complexity index is 646. The Hall–Kier alpha value is -1.37. The summed E-state index contributed by atoms with van der Waals surface area (Å²) in [6.45, 7) is 6.82. The molecule has 110 valence electrons. The van der Waals surface area contributed by atoms with Crippen molar-refractivity contribution in [1.29, 1.82) is 0 Å². The van der Waals surface area contributed by atoms with Crippen molar-refractivity contribution in [3.63, 3.8) is 0 Å². The minimum atomic E-state index is 0.116. The lowest BCUT2D eigenvalue weighted by Crippen LogP contribution is -2.39. The first-order valence-corrected chi connectivity index (χ1v) is 8.22. The van der Waals surface area contributed by atoms with Crippen molar-refractivity contribution in [2.45, 2.75) is 57.3 Å². The number of carbonyl (C=O) groups excluding carboxylic acids is 1. The molecule has 1 aromatic carbocycles. The van der Waals surface area contributed by atoms with Crippen molar-refractivity contribution >= 4 is 5.78 Å². The second kappa shape index (κ2) is 4.09. The Morgan fingerprint density at radius 3 is 2.62 bits per heavy atom. The van der Waals surface area contributed by atoms with E-state index in [9.17, 15) is 4.79 Å². The molecule has 1 spiro atoms. The van der Waals surface area contributed by atoms with Gasteiger partial charge in [-0.2, -0.15) is 0 Å². The van der Waals surface area contributed by atoms with E-state index in [2.05, 4.69) is 51.1 Å². The number of hydrogen-bond acceptors (Lipinski definition) is 1. The van der Waals surface area contributed by atoms with Gasteiger partial charge in [0.05, 0.1) is 0 Å². The summed E-state index contributed by atoms with van der Waals surface area (Å²) in [6.07, 6.45) is 8.61. The van der Waals surface area contributed by atoms with Crippen LogP contribution >= 0.6 is 0 Å². The predicted octanol–water partition coefficient (Wildman–Crippen LogP) is 4.33. The van der Waals surface area contributed by atoms with Crippen LogP contribution in [0.5, 0.6) is 0 Å². The third-order valence-corrected chi connectivity index (χ3v) is 5.92. The number of ketones is 1. The van der Waals surface area contributed by atoms with Crippen molar-refractivity contribution in [3.8, 4) is 0 Å². The van der Waals surface area contributed by atoms with E-state index >= 15 is 0 Å². The Morgan fingerprint density at radius 1 is 1.19 bits per heavy atom. The molecule has 0 amide bonds. The molecule has 1 heteroatoms. The summed E-state index contributed by atoms with van der Waals surface area (Å²) in [6, 6.07) is 6.88. The predicted molar refractivity (Wildman–Crippen MR) is 85.5 cm³/mol. The highest BCUT2D eigenvalue weighted by Gasteiger charge is 2.52. The normalized spacial score (nSPS) is 33.8. The summed E-state index contributed by atoms with van der Waals surface area (Å²) < 4.78 is 0. The largest absolute Gasteiger partial charge is 0.299 e. The first-order chi connectivity index (χ1) is 9.88. The van der Waals surface area contributed by atoms with Crippen molar-refractivity contribution in [2.75, 3.05) is 0 Å². The number of Topliss-reactive ketones (excluding diaryl/α,β-unsaturated/α-hetero) is 1. The third kappa shape index (κ3) is 1.86. The van der Waals surface area contributed by atoms with Gasteiger partial charge in [0.2, 0.25) is 0 Å². The molecular weight excluding hydrogens is 256 g/mol. The van der Waals surface area contributed by atoms with Gasteiger partial charge in [0, 0.05) is 18.3 Å². The number of allylic oxidation sites excluding steroid dienone is 2. The molecule has 3 atom stereocenters. The minimum absolute atomic E-state index is 0.116. The van der Waals surface area contributed by atoms with Gasteiger partial charge in [0.15, 0.2) is 0 Å². The number of fused-ring (bicyclic) bond motifs is 5. The zero-order valence-electron chi connectivity index (χ0n) is 13.3. The topological polar surface area (TPSA) is 17.1 Å². The highest BCUT2D eigenvalue weighted by atomic mass is 16.1. The highest BCUT2D eigenvalue weighted by molar-refractivity contribution is 5.85. The highest BCUT2D eigenvalue weighted by Crippen LogP contribution is 2.57. The molecule has 21 heavy (non-hydrogen) atoms. The SMILES string of the molecule is CC(C)(C)c1ccc2c(c1)C1(CC(=O)C2)CC2C=CC1C2. The molecule has 0 heterocycles. The van der Waals surface area contributed by atoms with Crippen LogP contribution in [-0.4, -0.2) is 5.78 Å². The fourth-order valence-corrected chi connectivity index (χ4v) is 4.85. The van der Waals surface area contributed by atoms with Crippen molar-refractivity contribution in [2.24, 2.45) is 11.8 Å². The van der Waals surface area contributed by atoms with Crippen LogP contribution in [0.1, 0.15) is 56.7 Å². The number of benzene rings is 1. The number of hydrogen-bond donors (Lipinski definition) is 0. The van der Waals surface area contributed by atoms with E-state index in [4.69, 9.17) is 0 Å². The lowest BCUT2D eigenvalue weighted by molar-refractivity contribution is -0.120. The van der Waals surface area contributed by atoms with E-state index in [1.807, 2.05) is 0 Å². The fourth-order valence-electron chi connectivity index (χ4n) is 4.85. The molecular formula is C20H24O. The minimum Gasteiger partial charge on any atom is -0.299 e. The molecule has 3 aliphatic carbocycles. The van der Waals surface area contributed by atoms with Crippen LogP contribution in [0.25, 0.3) is 0 Å². The first-order valence-electron chi connectivity index (χ1n) is 8.22. The summed E-state index contributed by atoms with van der Waals surface area (Å²) in [7, 11) is 0. The van der Waals surface area contributed by atoms with E-state index in [0.717, 1.165) is 6.42 Å². The summed E-state index contributed by atoms with van der Waals surface area (Å²) in [5.74, 6) is 1.72. The second-order valence-corrected chi connectivity index (χ2v) is 8.36. The Morgan fingerprint density at radius 2 is 2.00 bits per heavy atom. The average Bonchev–Trinajstić information content (AvgIpc) is 2.97. The molecule has 3 unspecified atom stereocenters. The maximum absolute atomic E-state index is 12.3. The number of carbonyl (C=O) groups is 1. The van der Waals surface area contributed by atoms with Crippen molar-refractivity contribution < 1.29 is 4.79 Å². The summed E-state index contributed by atoms with van der Waals surface area (Å²) in [4.78, 5) is 12.3. The number of rotatable bonds is 0. The maximum atomic E-state index is 12.3. The average molecular weight is 280 g/mol. The van der Waals surface area contributed by atoms with Crippen molar-refractivity contribution in [1.82, 2.24) is 0 Å². The van der Waals surface area contributed by atoms with E-state index in [-0.39, 0.29) is 10.8 Å². The molecule has 0 saturated heterocycles. The van der Waals surface area contributed by atoms with Gasteiger partial charge in [-0.1, -0.05) is 51.1 Å². The van der Waals surface area contributed by atoms with Gasteiger partial charge in [0.1, 0.15) is 5.78 Å². The molecule has 2 bridgehead atoms. The smallest absolute Gasteiger partial charge is 0.138 e. The van der Waals surface area contributed by atoms with E-state index < -0.39 is 0 Å². The van der Waals surface area contributed by atoms with Crippen LogP contribution in [0.3, 0.4) is 0 Å². The van der Waals surface area contributed by atoms with Crippen LogP contribution in [0.2, 0.25) is 0 Å². The van der Waals surface area contributed by atoms with Crippen molar-refractivity contribution in [3.05, 3.63) is 47.0 Å². The molecule has 1 aromatic rings. The van der Waals surface area contributed by atoms with Crippen LogP contribution in [0.15, 0.2) is 30.4 Å². The zero-order valence-corrected chi connectivity index (χ0v) is 13.3. The summed E-state index contributed by atoms with van der Waals surface area (Å²) >= 11 is 0. The Balaban J connectivity index is 1.89. The molecule has 1 nitrogen and oxygen atoms in total. The third-order valence-electron chi connectivity index (χ3n) is 5.92. The molecule has 0 aliphatic heterocycles. The van der Waals surface area contributed by atoms with Crippen LogP contribution in [0, 0.1) is 11.8 Å². The lowest BCUT2D eigenvalue weighted by Gasteiger charge is -2.41. The van der Waals surface area contributed by atoms with E-state index in [0.29, 0.717) is 24.0 Å². The monoisotopic (exact) mass is 280 g/mol. The standard InChI is InChI=1S/C20H24O/c1-19(2,3)15-7-5-14-9-17(21)12-20(18(14)10-15)11-13-4-6-16(20)8-13/h4-7,10,13,16H,8-9,11-12H2,1-3H3. The van der Waals surface area contributed by atoms with Gasteiger partial charge < -0.3 is 0 Å². The van der Waals surface area contributed by atoms with Crippen LogP contribution < -0.4 is 0 Å². The molecule has 0 N–H and O–H groups in total. The quantitative estimate of drug-likeness (QED) is 0.646. The second-order valence-electron chi connectivity index (χ2n) is 8.36. The zero-order chi connectivity index (χ0) is 14.8. The summed E-state index contributed by atoms with van der Waals surface area (Å²) in [5, 5.41) is 0. The summed E-state index contributed by atoms with van der Waals surface area (Å²) in [5.41, 5.74) is 4.48. The molecule has 4 rings (SSSR count).